The van der Waals surface area contributed by atoms with E-state index in [1.165, 1.54) is 6.07 Å². The Labute approximate surface area is 118 Å². The number of nitrogens with zero attached hydrogens (tertiary/aromatic N) is 2. The minimum absolute atomic E-state index is 0.153. The topological polar surface area (TPSA) is 61.6 Å². The molecule has 0 aliphatic carbocycles. The highest BCUT2D eigenvalue weighted by atomic mass is 19.1. The zero-order valence-electron chi connectivity index (χ0n) is 11.7. The molecule has 0 spiro atoms. The number of carbonyl (C=O) groups is 1. The summed E-state index contributed by atoms with van der Waals surface area (Å²) in [7, 11) is 0. The smallest absolute Gasteiger partial charge is 0.238 e. The first-order chi connectivity index (χ1) is 9.63. The first-order valence-corrected chi connectivity index (χ1v) is 6.90. The molecule has 0 atom stereocenters. The van der Waals surface area contributed by atoms with Crippen molar-refractivity contribution in [1.82, 2.24) is 4.90 Å². The molecule has 5 nitrogen and oxygen atoms in total. The molecule has 0 radical (unpaired) electrons. The fourth-order valence-electron chi connectivity index (χ4n) is 2.33. The molecule has 0 aromatic heterocycles. The molecule has 0 unspecified atom stereocenters. The molecule has 1 aliphatic heterocycles. The summed E-state index contributed by atoms with van der Waals surface area (Å²) in [5.41, 5.74) is 6.22. The summed E-state index contributed by atoms with van der Waals surface area (Å²) >= 11 is 0. The van der Waals surface area contributed by atoms with Crippen LogP contribution in [0, 0.1) is 5.82 Å². The highest BCUT2D eigenvalue weighted by Gasteiger charge is 2.17. The van der Waals surface area contributed by atoms with Crippen LogP contribution in [0.1, 0.15) is 6.92 Å². The molecule has 1 saturated heterocycles. The van der Waals surface area contributed by atoms with Gasteiger partial charge in [0.25, 0.3) is 0 Å². The van der Waals surface area contributed by atoms with E-state index in [4.69, 9.17) is 5.73 Å². The fourth-order valence-corrected chi connectivity index (χ4v) is 2.33. The van der Waals surface area contributed by atoms with Gasteiger partial charge in [-0.1, -0.05) is 6.92 Å². The number of rotatable bonds is 4. The van der Waals surface area contributed by atoms with Crippen LogP contribution in [0.15, 0.2) is 18.2 Å². The number of piperazine rings is 1. The maximum atomic E-state index is 14.0. The van der Waals surface area contributed by atoms with Crippen molar-refractivity contribution >= 4 is 17.3 Å². The van der Waals surface area contributed by atoms with E-state index in [0.29, 0.717) is 0 Å². The first kappa shape index (κ1) is 14.7. The van der Waals surface area contributed by atoms with Crippen molar-refractivity contribution in [2.24, 2.45) is 5.73 Å². The van der Waals surface area contributed by atoms with E-state index in [1.54, 1.807) is 6.07 Å². The van der Waals surface area contributed by atoms with E-state index in [2.05, 4.69) is 22.0 Å². The Morgan fingerprint density at radius 2 is 2.05 bits per heavy atom. The zero-order chi connectivity index (χ0) is 14.5. The summed E-state index contributed by atoms with van der Waals surface area (Å²) in [6, 6.07) is 4.88. The van der Waals surface area contributed by atoms with Crippen LogP contribution in [-0.4, -0.2) is 50.1 Å². The second kappa shape index (κ2) is 6.67. The number of anilines is 2. The molecule has 2 rings (SSSR count). The van der Waals surface area contributed by atoms with Crippen molar-refractivity contribution in [3.8, 4) is 0 Å². The van der Waals surface area contributed by atoms with Gasteiger partial charge in [-0.3, -0.25) is 4.79 Å². The number of nitrogens with one attached hydrogen (secondary N) is 1. The number of halogens is 1. The van der Waals surface area contributed by atoms with Gasteiger partial charge in [-0.15, -0.1) is 0 Å². The molecule has 110 valence electrons. The molecule has 1 fully saturated rings. The molecule has 1 heterocycles. The summed E-state index contributed by atoms with van der Waals surface area (Å²) < 4.78 is 14.0. The SMILES string of the molecule is CCN1CCN(c2ccc(NC(=O)CN)c(F)c2)CC1. The van der Waals surface area contributed by atoms with Crippen LogP contribution in [-0.2, 0) is 4.79 Å². The zero-order valence-corrected chi connectivity index (χ0v) is 11.7. The molecule has 0 saturated carbocycles. The van der Waals surface area contributed by atoms with Gasteiger partial charge in [0.15, 0.2) is 0 Å². The number of hydrogen-bond donors (Lipinski definition) is 2. The van der Waals surface area contributed by atoms with Crippen LogP contribution in [0.2, 0.25) is 0 Å². The standard InChI is InChI=1S/C14H21FN4O/c1-2-18-5-7-19(8-6-18)11-3-4-13(12(15)9-11)17-14(20)10-16/h3-4,9H,2,5-8,10,16H2,1H3,(H,17,20). The highest BCUT2D eigenvalue weighted by Crippen LogP contribution is 2.23. The third-order valence-corrected chi connectivity index (χ3v) is 3.60. The number of carbonyl (C=O) groups excluding carboxylic acids is 1. The van der Waals surface area contributed by atoms with Gasteiger partial charge in [-0.25, -0.2) is 4.39 Å². The van der Waals surface area contributed by atoms with Crippen LogP contribution in [0.5, 0.6) is 0 Å². The van der Waals surface area contributed by atoms with Crippen molar-refractivity contribution in [1.29, 1.82) is 0 Å². The lowest BCUT2D eigenvalue weighted by atomic mass is 10.2. The maximum absolute atomic E-state index is 14.0. The second-order valence-corrected chi connectivity index (χ2v) is 4.84. The average Bonchev–Trinajstić information content (AvgIpc) is 2.49. The Balaban J connectivity index is 2.04. The number of hydrogen-bond acceptors (Lipinski definition) is 4. The summed E-state index contributed by atoms with van der Waals surface area (Å²) in [5.74, 6) is -0.824. The van der Waals surface area contributed by atoms with E-state index in [1.807, 2.05) is 6.07 Å². The van der Waals surface area contributed by atoms with E-state index in [-0.39, 0.29) is 12.2 Å². The van der Waals surface area contributed by atoms with Crippen LogP contribution < -0.4 is 16.0 Å². The van der Waals surface area contributed by atoms with Crippen molar-refractivity contribution in [2.75, 3.05) is 49.5 Å². The highest BCUT2D eigenvalue weighted by molar-refractivity contribution is 5.92. The summed E-state index contributed by atoms with van der Waals surface area (Å²) in [4.78, 5) is 15.7. The van der Waals surface area contributed by atoms with Crippen molar-refractivity contribution in [3.63, 3.8) is 0 Å². The quantitative estimate of drug-likeness (QED) is 0.859. The first-order valence-electron chi connectivity index (χ1n) is 6.90. The molecular weight excluding hydrogens is 259 g/mol. The van der Waals surface area contributed by atoms with E-state index < -0.39 is 11.7 Å². The lowest BCUT2D eigenvalue weighted by Gasteiger charge is -2.35. The summed E-state index contributed by atoms with van der Waals surface area (Å²) in [6.07, 6.45) is 0. The summed E-state index contributed by atoms with van der Waals surface area (Å²) in [5, 5.41) is 2.44. The molecular formula is C14H21FN4O. The van der Waals surface area contributed by atoms with Gasteiger partial charge < -0.3 is 20.9 Å². The predicted octanol–water partition coefficient (Wildman–Crippen LogP) is 0.865. The van der Waals surface area contributed by atoms with Crippen LogP contribution in [0.4, 0.5) is 15.8 Å². The monoisotopic (exact) mass is 280 g/mol. The van der Waals surface area contributed by atoms with Crippen molar-refractivity contribution < 1.29 is 9.18 Å². The van der Waals surface area contributed by atoms with Gasteiger partial charge in [0, 0.05) is 31.9 Å². The van der Waals surface area contributed by atoms with Crippen molar-refractivity contribution in [3.05, 3.63) is 24.0 Å². The lowest BCUT2D eigenvalue weighted by Crippen LogP contribution is -2.46. The minimum Gasteiger partial charge on any atom is -0.369 e. The van der Waals surface area contributed by atoms with E-state index in [0.717, 1.165) is 38.4 Å². The van der Waals surface area contributed by atoms with E-state index >= 15 is 0 Å². The van der Waals surface area contributed by atoms with Gasteiger partial charge in [-0.05, 0) is 24.7 Å². The molecule has 3 N–H and O–H groups in total. The number of amides is 1. The maximum Gasteiger partial charge on any atom is 0.238 e. The fraction of sp³-hybridized carbons (Fsp3) is 0.500. The number of nitrogens with two attached hydrogens (primary N) is 1. The van der Waals surface area contributed by atoms with Gasteiger partial charge in [0.1, 0.15) is 5.82 Å². The lowest BCUT2D eigenvalue weighted by molar-refractivity contribution is -0.114. The molecule has 20 heavy (non-hydrogen) atoms. The van der Waals surface area contributed by atoms with Gasteiger partial charge >= 0.3 is 0 Å². The van der Waals surface area contributed by atoms with Crippen LogP contribution >= 0.6 is 0 Å². The third kappa shape index (κ3) is 3.46. The third-order valence-electron chi connectivity index (χ3n) is 3.60. The minimum atomic E-state index is -0.428. The molecule has 6 heteroatoms. The van der Waals surface area contributed by atoms with Gasteiger partial charge in [-0.2, -0.15) is 0 Å². The molecule has 1 aliphatic rings. The Kier molecular flexibility index (Phi) is 4.92. The Morgan fingerprint density at radius 1 is 1.35 bits per heavy atom. The normalized spacial score (nSPS) is 16.2. The largest absolute Gasteiger partial charge is 0.369 e. The van der Waals surface area contributed by atoms with Crippen LogP contribution in [0.25, 0.3) is 0 Å². The number of benzene rings is 1. The molecule has 1 aromatic rings. The second-order valence-electron chi connectivity index (χ2n) is 4.84. The Morgan fingerprint density at radius 3 is 2.60 bits per heavy atom. The number of likely N-dealkylation sites (N-methyl/N-ethyl adjacent to an activating group) is 1. The van der Waals surface area contributed by atoms with Gasteiger partial charge in [0.05, 0.1) is 12.2 Å². The van der Waals surface area contributed by atoms with Crippen molar-refractivity contribution in [2.45, 2.75) is 6.92 Å². The molecule has 0 bridgehead atoms. The van der Waals surface area contributed by atoms with Crippen LogP contribution in [0.3, 0.4) is 0 Å². The van der Waals surface area contributed by atoms with Gasteiger partial charge in [0.2, 0.25) is 5.91 Å². The predicted molar refractivity (Wildman–Crippen MR) is 78.4 cm³/mol. The molecule has 1 amide bonds. The van der Waals surface area contributed by atoms with E-state index in [9.17, 15) is 9.18 Å². The summed E-state index contributed by atoms with van der Waals surface area (Å²) in [6.45, 7) is 6.80. The molecule has 1 aromatic carbocycles. The Hall–Kier alpha value is -1.66. The Bertz CT molecular complexity index is 472. The average molecular weight is 280 g/mol.